The molecule has 98 valence electrons. The maximum atomic E-state index is 12.8. The summed E-state index contributed by atoms with van der Waals surface area (Å²) in [7, 11) is 1.67. The summed E-state index contributed by atoms with van der Waals surface area (Å²) < 4.78 is 12.8. The van der Waals surface area contributed by atoms with Crippen molar-refractivity contribution in [3.05, 3.63) is 29.6 Å². The molecule has 1 amide bonds. The molecule has 0 unspecified atom stereocenters. The van der Waals surface area contributed by atoms with Gasteiger partial charge in [-0.25, -0.2) is 4.39 Å². The van der Waals surface area contributed by atoms with Crippen LogP contribution in [0.25, 0.3) is 0 Å². The number of phenolic OH excluding ortho intramolecular Hbond substituents is 1. The number of aromatic hydroxyl groups is 1. The summed E-state index contributed by atoms with van der Waals surface area (Å²) in [4.78, 5) is 13.6. The van der Waals surface area contributed by atoms with Crippen molar-refractivity contribution in [2.45, 2.75) is 18.2 Å². The number of carbonyl (C=O) groups excluding carboxylic acids is 1. The molecule has 0 aliphatic heterocycles. The van der Waals surface area contributed by atoms with Crippen molar-refractivity contribution >= 4 is 17.5 Å². The average Bonchev–Trinajstić information content (AvgIpc) is 2.26. The Morgan fingerprint density at radius 1 is 1.56 bits per heavy atom. The molecule has 2 rings (SSSR count). The molecule has 0 saturated heterocycles. The van der Waals surface area contributed by atoms with Gasteiger partial charge in [0.15, 0.2) is 0 Å². The van der Waals surface area contributed by atoms with Crippen LogP contribution >= 0.6 is 11.6 Å². The van der Waals surface area contributed by atoms with Crippen molar-refractivity contribution in [3.63, 3.8) is 0 Å². The molecule has 3 nitrogen and oxygen atoms in total. The molecule has 5 heteroatoms. The van der Waals surface area contributed by atoms with Crippen LogP contribution in [0, 0.1) is 11.7 Å². The van der Waals surface area contributed by atoms with E-state index in [0.29, 0.717) is 12.5 Å². The minimum Gasteiger partial charge on any atom is -0.507 e. The minimum absolute atomic E-state index is 0.126. The lowest BCUT2D eigenvalue weighted by Gasteiger charge is -2.34. The first kappa shape index (κ1) is 13.1. The zero-order valence-corrected chi connectivity index (χ0v) is 10.8. The van der Waals surface area contributed by atoms with Gasteiger partial charge in [-0.15, -0.1) is 11.6 Å². The normalized spacial score (nSPS) is 22.4. The van der Waals surface area contributed by atoms with Crippen LogP contribution in [0.4, 0.5) is 4.39 Å². The van der Waals surface area contributed by atoms with Crippen LogP contribution in [0.2, 0.25) is 0 Å². The van der Waals surface area contributed by atoms with Crippen molar-refractivity contribution in [1.29, 1.82) is 0 Å². The maximum Gasteiger partial charge on any atom is 0.257 e. The molecular weight excluding hydrogens is 257 g/mol. The Morgan fingerprint density at radius 2 is 2.22 bits per heavy atom. The standard InChI is InChI=1S/C13H15ClFNO2/c1-16(7-8-4-9(14)5-8)13(18)11-3-2-10(15)6-12(11)17/h2-3,6,8-9,17H,4-5,7H2,1H3. The monoisotopic (exact) mass is 271 g/mol. The van der Waals surface area contributed by atoms with Gasteiger partial charge >= 0.3 is 0 Å². The zero-order chi connectivity index (χ0) is 13.3. The van der Waals surface area contributed by atoms with Crippen LogP contribution in [0.1, 0.15) is 23.2 Å². The third-order valence-corrected chi connectivity index (χ3v) is 3.60. The fourth-order valence-electron chi connectivity index (χ4n) is 2.16. The van der Waals surface area contributed by atoms with Crippen molar-refractivity contribution < 1.29 is 14.3 Å². The maximum absolute atomic E-state index is 12.8. The molecule has 1 aliphatic carbocycles. The van der Waals surface area contributed by atoms with Crippen LogP contribution in [0.15, 0.2) is 18.2 Å². The first-order valence-electron chi connectivity index (χ1n) is 5.85. The van der Waals surface area contributed by atoms with Crippen molar-refractivity contribution in [2.75, 3.05) is 13.6 Å². The fourth-order valence-corrected chi connectivity index (χ4v) is 2.67. The molecule has 0 aromatic heterocycles. The molecule has 1 fully saturated rings. The SMILES string of the molecule is CN(CC1CC(Cl)C1)C(=O)c1ccc(F)cc1O. The highest BCUT2D eigenvalue weighted by atomic mass is 35.5. The van der Waals surface area contributed by atoms with Crippen molar-refractivity contribution in [3.8, 4) is 5.75 Å². The van der Waals surface area contributed by atoms with Gasteiger partial charge in [0.2, 0.25) is 0 Å². The Kier molecular flexibility index (Phi) is 3.76. The molecule has 18 heavy (non-hydrogen) atoms. The van der Waals surface area contributed by atoms with Gasteiger partial charge in [0, 0.05) is 25.0 Å². The summed E-state index contributed by atoms with van der Waals surface area (Å²) in [5, 5.41) is 9.77. The highest BCUT2D eigenvalue weighted by Gasteiger charge is 2.29. The summed E-state index contributed by atoms with van der Waals surface area (Å²) in [5.41, 5.74) is 0.126. The van der Waals surface area contributed by atoms with Crippen LogP contribution in [-0.2, 0) is 0 Å². The van der Waals surface area contributed by atoms with Gasteiger partial charge in [-0.2, -0.15) is 0 Å². The van der Waals surface area contributed by atoms with E-state index in [1.54, 1.807) is 11.9 Å². The Balaban J connectivity index is 2.01. The largest absolute Gasteiger partial charge is 0.507 e. The van der Waals surface area contributed by atoms with E-state index in [2.05, 4.69) is 0 Å². The second kappa shape index (κ2) is 5.14. The number of nitrogens with zero attached hydrogens (tertiary/aromatic N) is 1. The molecule has 0 heterocycles. The Hall–Kier alpha value is -1.29. The number of carbonyl (C=O) groups is 1. The lowest BCUT2D eigenvalue weighted by molar-refractivity contribution is 0.0744. The van der Waals surface area contributed by atoms with E-state index < -0.39 is 5.82 Å². The van der Waals surface area contributed by atoms with E-state index in [9.17, 15) is 14.3 Å². The summed E-state index contributed by atoms with van der Waals surface area (Å²) in [6.07, 6.45) is 1.82. The Labute approximate surface area is 110 Å². The lowest BCUT2D eigenvalue weighted by Crippen LogP contribution is -2.37. The highest BCUT2D eigenvalue weighted by Crippen LogP contribution is 2.32. The quantitative estimate of drug-likeness (QED) is 0.859. The molecule has 1 aromatic rings. The molecule has 0 bridgehead atoms. The smallest absolute Gasteiger partial charge is 0.257 e. The van der Waals surface area contributed by atoms with Crippen molar-refractivity contribution in [1.82, 2.24) is 4.90 Å². The van der Waals surface area contributed by atoms with Gasteiger partial charge in [-0.3, -0.25) is 4.79 Å². The minimum atomic E-state index is -0.560. The average molecular weight is 272 g/mol. The number of halogens is 2. The van der Waals surface area contributed by atoms with E-state index >= 15 is 0 Å². The first-order chi connectivity index (χ1) is 8.47. The molecule has 0 radical (unpaired) electrons. The number of phenols is 1. The predicted molar refractivity (Wildman–Crippen MR) is 67.4 cm³/mol. The lowest BCUT2D eigenvalue weighted by atomic mass is 9.84. The Morgan fingerprint density at radius 3 is 2.78 bits per heavy atom. The number of benzene rings is 1. The van der Waals surface area contributed by atoms with Crippen LogP contribution in [-0.4, -0.2) is 34.9 Å². The molecule has 0 spiro atoms. The second-order valence-corrected chi connectivity index (χ2v) is 5.40. The summed E-state index contributed by atoms with van der Waals surface area (Å²) >= 11 is 5.88. The van der Waals surface area contributed by atoms with E-state index in [4.69, 9.17) is 11.6 Å². The van der Waals surface area contributed by atoms with Crippen LogP contribution in [0.3, 0.4) is 0 Å². The predicted octanol–water partition coefficient (Wildman–Crippen LogP) is 2.62. The molecule has 1 aliphatic rings. The van der Waals surface area contributed by atoms with Gasteiger partial charge in [-0.05, 0) is 30.9 Å². The first-order valence-corrected chi connectivity index (χ1v) is 6.29. The molecular formula is C13H15ClFNO2. The van der Waals surface area contributed by atoms with E-state index in [0.717, 1.165) is 18.9 Å². The van der Waals surface area contributed by atoms with Crippen molar-refractivity contribution in [2.24, 2.45) is 5.92 Å². The molecule has 1 saturated carbocycles. The summed E-state index contributed by atoms with van der Waals surface area (Å²) in [5.74, 6) is -0.763. The summed E-state index contributed by atoms with van der Waals surface area (Å²) in [6.45, 7) is 0.610. The summed E-state index contributed by atoms with van der Waals surface area (Å²) in [6, 6.07) is 3.41. The number of rotatable bonds is 3. The van der Waals surface area contributed by atoms with E-state index in [1.165, 1.54) is 12.1 Å². The number of alkyl halides is 1. The molecule has 0 atom stereocenters. The number of hydrogen-bond acceptors (Lipinski definition) is 2. The van der Waals surface area contributed by atoms with Crippen LogP contribution in [0.5, 0.6) is 5.75 Å². The van der Waals surface area contributed by atoms with Gasteiger partial charge in [0.1, 0.15) is 11.6 Å². The second-order valence-electron chi connectivity index (χ2n) is 4.78. The van der Waals surface area contributed by atoms with Gasteiger partial charge in [0.05, 0.1) is 5.56 Å². The van der Waals surface area contributed by atoms with E-state index in [1.807, 2.05) is 0 Å². The third kappa shape index (κ3) is 2.75. The molecule has 1 aromatic carbocycles. The van der Waals surface area contributed by atoms with Gasteiger partial charge in [0.25, 0.3) is 5.91 Å². The molecule has 1 N–H and O–H groups in total. The van der Waals surface area contributed by atoms with Gasteiger partial charge < -0.3 is 10.0 Å². The van der Waals surface area contributed by atoms with Crippen LogP contribution < -0.4 is 0 Å². The van der Waals surface area contributed by atoms with E-state index in [-0.39, 0.29) is 22.6 Å². The number of hydrogen-bond donors (Lipinski definition) is 1. The fraction of sp³-hybridized carbons (Fsp3) is 0.462. The van der Waals surface area contributed by atoms with Gasteiger partial charge in [-0.1, -0.05) is 0 Å². The third-order valence-electron chi connectivity index (χ3n) is 3.25. The topological polar surface area (TPSA) is 40.5 Å². The Bertz CT molecular complexity index is 460. The zero-order valence-electron chi connectivity index (χ0n) is 10.1. The number of amides is 1. The highest BCUT2D eigenvalue weighted by molar-refractivity contribution is 6.21.